The third-order valence-electron chi connectivity index (χ3n) is 6.29. The smallest absolute Gasteiger partial charge is 0.310 e. The molecule has 0 spiro atoms. The zero-order valence-corrected chi connectivity index (χ0v) is 18.4. The van der Waals surface area contributed by atoms with Crippen LogP contribution in [0.1, 0.15) is 56.8 Å². The molecule has 0 bridgehead atoms. The van der Waals surface area contributed by atoms with Crippen molar-refractivity contribution in [2.24, 2.45) is 5.92 Å². The van der Waals surface area contributed by atoms with E-state index in [0.29, 0.717) is 19.5 Å². The van der Waals surface area contributed by atoms with Gasteiger partial charge in [-0.25, -0.2) is 4.39 Å². The van der Waals surface area contributed by atoms with E-state index >= 15 is 0 Å². The molecule has 2 aliphatic heterocycles. The normalized spacial score (nSPS) is 21.2. The van der Waals surface area contributed by atoms with Crippen LogP contribution >= 0.6 is 0 Å². The second-order valence-corrected chi connectivity index (χ2v) is 9.37. The summed E-state index contributed by atoms with van der Waals surface area (Å²) < 4.78 is 18.6. The van der Waals surface area contributed by atoms with Gasteiger partial charge in [-0.1, -0.05) is 12.1 Å². The summed E-state index contributed by atoms with van der Waals surface area (Å²) in [6.45, 7) is 7.06. The standard InChI is InChI=1S/C25H29FN2O3/c1-16-12-19(17-4-6-21(26)7-5-17)13-22(27-16)18-8-10-28(11-9-18)23(29)14-20-15-25(2,3)31-24(20)30/h4-7,12-13,18,20H,8-11,14-15H2,1-3H3/t20-/m1/s1. The fraction of sp³-hybridized carbons (Fsp3) is 0.480. The van der Waals surface area contributed by atoms with Crippen LogP contribution in [0.5, 0.6) is 0 Å². The number of rotatable bonds is 4. The molecule has 2 saturated heterocycles. The first-order chi connectivity index (χ1) is 14.7. The number of benzene rings is 1. The number of amides is 1. The molecule has 31 heavy (non-hydrogen) atoms. The maximum atomic E-state index is 13.3. The number of halogens is 1. The molecule has 2 aromatic rings. The van der Waals surface area contributed by atoms with Crippen molar-refractivity contribution in [1.82, 2.24) is 9.88 Å². The minimum absolute atomic E-state index is 0.0299. The number of carbonyl (C=O) groups is 2. The minimum Gasteiger partial charge on any atom is -0.459 e. The van der Waals surface area contributed by atoms with Crippen LogP contribution in [0.15, 0.2) is 36.4 Å². The van der Waals surface area contributed by atoms with Gasteiger partial charge < -0.3 is 9.64 Å². The van der Waals surface area contributed by atoms with Crippen LogP contribution in [0.2, 0.25) is 0 Å². The van der Waals surface area contributed by atoms with Crippen molar-refractivity contribution in [3.05, 3.63) is 53.6 Å². The Morgan fingerprint density at radius 2 is 1.84 bits per heavy atom. The molecule has 5 nitrogen and oxygen atoms in total. The molecule has 1 atom stereocenters. The molecule has 3 heterocycles. The summed E-state index contributed by atoms with van der Waals surface area (Å²) in [5.41, 5.74) is 3.47. The molecule has 2 fully saturated rings. The van der Waals surface area contributed by atoms with Crippen LogP contribution in [-0.4, -0.2) is 40.5 Å². The molecule has 0 N–H and O–H groups in total. The molecular formula is C25H29FN2O3. The second kappa shape index (κ2) is 8.40. The first-order valence-electron chi connectivity index (χ1n) is 11.0. The van der Waals surface area contributed by atoms with Crippen LogP contribution in [-0.2, 0) is 14.3 Å². The summed E-state index contributed by atoms with van der Waals surface area (Å²) in [4.78, 5) is 31.4. The molecule has 164 valence electrons. The van der Waals surface area contributed by atoms with Crippen molar-refractivity contribution >= 4 is 11.9 Å². The lowest BCUT2D eigenvalue weighted by atomic mass is 9.90. The third kappa shape index (κ3) is 4.94. The van der Waals surface area contributed by atoms with Gasteiger partial charge in [0.25, 0.3) is 0 Å². The first-order valence-corrected chi connectivity index (χ1v) is 11.0. The Balaban J connectivity index is 1.39. The maximum Gasteiger partial charge on any atom is 0.310 e. The lowest BCUT2D eigenvalue weighted by Gasteiger charge is -2.32. The average Bonchev–Trinajstić information content (AvgIpc) is 2.99. The number of pyridine rings is 1. The highest BCUT2D eigenvalue weighted by Gasteiger charge is 2.41. The zero-order valence-electron chi connectivity index (χ0n) is 18.4. The van der Waals surface area contributed by atoms with E-state index in [0.717, 1.165) is 35.4 Å². The highest BCUT2D eigenvalue weighted by molar-refractivity contribution is 5.84. The Kier molecular flexibility index (Phi) is 5.82. The lowest BCUT2D eigenvalue weighted by molar-refractivity contribution is -0.150. The van der Waals surface area contributed by atoms with Crippen LogP contribution in [0.4, 0.5) is 4.39 Å². The predicted molar refractivity (Wildman–Crippen MR) is 116 cm³/mol. The van der Waals surface area contributed by atoms with E-state index in [1.165, 1.54) is 12.1 Å². The molecule has 6 heteroatoms. The summed E-state index contributed by atoms with van der Waals surface area (Å²) in [5.74, 6) is -0.537. The number of ether oxygens (including phenoxy) is 1. The van der Waals surface area contributed by atoms with Crippen LogP contribution in [0.25, 0.3) is 11.1 Å². The van der Waals surface area contributed by atoms with E-state index in [9.17, 15) is 14.0 Å². The van der Waals surface area contributed by atoms with Crippen LogP contribution < -0.4 is 0 Å². The molecule has 0 saturated carbocycles. The molecule has 4 rings (SSSR count). The lowest BCUT2D eigenvalue weighted by Crippen LogP contribution is -2.39. The zero-order chi connectivity index (χ0) is 22.2. The molecule has 0 aliphatic carbocycles. The van der Waals surface area contributed by atoms with Gasteiger partial charge in [0.05, 0.1) is 5.92 Å². The Morgan fingerprint density at radius 3 is 2.45 bits per heavy atom. The van der Waals surface area contributed by atoms with E-state index in [4.69, 9.17) is 9.72 Å². The molecule has 0 unspecified atom stereocenters. The van der Waals surface area contributed by atoms with Crippen LogP contribution in [0, 0.1) is 18.7 Å². The van der Waals surface area contributed by atoms with Gasteiger partial charge in [-0.05, 0) is 69.0 Å². The fourth-order valence-electron chi connectivity index (χ4n) is 4.71. The van der Waals surface area contributed by atoms with Gasteiger partial charge >= 0.3 is 5.97 Å². The largest absolute Gasteiger partial charge is 0.459 e. The van der Waals surface area contributed by atoms with E-state index < -0.39 is 5.60 Å². The monoisotopic (exact) mass is 424 g/mol. The van der Waals surface area contributed by atoms with Crippen molar-refractivity contribution in [2.75, 3.05) is 13.1 Å². The molecule has 1 aromatic carbocycles. The summed E-state index contributed by atoms with van der Waals surface area (Å²) in [7, 11) is 0. The molecule has 0 radical (unpaired) electrons. The topological polar surface area (TPSA) is 59.5 Å². The molecule has 1 amide bonds. The number of hydrogen-bond acceptors (Lipinski definition) is 4. The molecule has 1 aromatic heterocycles. The van der Waals surface area contributed by atoms with Gasteiger partial charge in [0.2, 0.25) is 5.91 Å². The fourth-order valence-corrected chi connectivity index (χ4v) is 4.71. The van der Waals surface area contributed by atoms with Crippen LogP contribution in [0.3, 0.4) is 0 Å². The van der Waals surface area contributed by atoms with Crippen molar-refractivity contribution in [1.29, 1.82) is 0 Å². The van der Waals surface area contributed by atoms with Crippen molar-refractivity contribution < 1.29 is 18.7 Å². The summed E-state index contributed by atoms with van der Waals surface area (Å²) in [6.07, 6.45) is 2.50. The van der Waals surface area contributed by atoms with Gasteiger partial charge in [-0.15, -0.1) is 0 Å². The third-order valence-corrected chi connectivity index (χ3v) is 6.29. The van der Waals surface area contributed by atoms with E-state index in [2.05, 4.69) is 6.07 Å². The summed E-state index contributed by atoms with van der Waals surface area (Å²) >= 11 is 0. The highest BCUT2D eigenvalue weighted by Crippen LogP contribution is 2.34. The summed E-state index contributed by atoms with van der Waals surface area (Å²) in [5, 5.41) is 0. The van der Waals surface area contributed by atoms with E-state index in [1.807, 2.05) is 31.7 Å². The van der Waals surface area contributed by atoms with Crippen molar-refractivity contribution in [2.45, 2.75) is 58.0 Å². The second-order valence-electron chi connectivity index (χ2n) is 9.37. The highest BCUT2D eigenvalue weighted by atomic mass is 19.1. The van der Waals surface area contributed by atoms with Crippen molar-refractivity contribution in [3.8, 4) is 11.1 Å². The number of hydrogen-bond donors (Lipinski definition) is 0. The Hall–Kier alpha value is -2.76. The van der Waals surface area contributed by atoms with E-state index in [-0.39, 0.29) is 36.0 Å². The van der Waals surface area contributed by atoms with Gasteiger partial charge in [0, 0.05) is 43.2 Å². The number of aryl methyl sites for hydroxylation is 1. The summed E-state index contributed by atoms with van der Waals surface area (Å²) in [6, 6.07) is 10.6. The molecular weight excluding hydrogens is 395 g/mol. The van der Waals surface area contributed by atoms with Gasteiger partial charge in [0.15, 0.2) is 0 Å². The van der Waals surface area contributed by atoms with Gasteiger partial charge in [-0.3, -0.25) is 14.6 Å². The number of cyclic esters (lactones) is 1. The van der Waals surface area contributed by atoms with Gasteiger partial charge in [0.1, 0.15) is 11.4 Å². The predicted octanol–water partition coefficient (Wildman–Crippen LogP) is 4.63. The average molecular weight is 425 g/mol. The number of esters is 1. The minimum atomic E-state index is -0.478. The maximum absolute atomic E-state index is 13.3. The number of piperidine rings is 1. The molecule has 2 aliphatic rings. The Morgan fingerprint density at radius 1 is 1.16 bits per heavy atom. The number of likely N-dealkylation sites (tertiary alicyclic amines) is 1. The number of carbonyl (C=O) groups excluding carboxylic acids is 2. The first kappa shape index (κ1) is 21.5. The number of aromatic nitrogens is 1. The number of nitrogens with zero attached hydrogens (tertiary/aromatic N) is 2. The van der Waals surface area contributed by atoms with Gasteiger partial charge in [-0.2, -0.15) is 0 Å². The quantitative estimate of drug-likeness (QED) is 0.672. The Bertz CT molecular complexity index is 979. The van der Waals surface area contributed by atoms with Crippen molar-refractivity contribution in [3.63, 3.8) is 0 Å². The SMILES string of the molecule is Cc1cc(-c2ccc(F)cc2)cc(C2CCN(C(=O)C[C@@H]3CC(C)(C)OC3=O)CC2)n1. The van der Waals surface area contributed by atoms with E-state index in [1.54, 1.807) is 12.1 Å². The Labute approximate surface area is 182 Å².